The molecule has 0 saturated heterocycles. The standard InChI is InChI=1S/C27H33N3O5S/c1-7-30(5)26(31)18-10-16(11-19(18)27(32)33)35-23-12-20(25-29-21(13-36-25)14(2)3)28-24-15(4)22(34-6)9-8-17(23)24/h8-9,12-14,16,18-19H,7,10-11H2,1-6H3,(H,32,33)/t16-,18+,19+/m0/s1. The molecule has 192 valence electrons. The molecule has 1 aliphatic rings. The predicted molar refractivity (Wildman–Crippen MR) is 140 cm³/mol. The van der Waals surface area contributed by atoms with Gasteiger partial charge in [-0.15, -0.1) is 11.3 Å². The third-order valence-electron chi connectivity index (χ3n) is 7.00. The molecule has 1 amide bonds. The Labute approximate surface area is 215 Å². The van der Waals surface area contributed by atoms with Crippen LogP contribution < -0.4 is 9.47 Å². The van der Waals surface area contributed by atoms with Crippen LogP contribution in [0.25, 0.3) is 21.6 Å². The van der Waals surface area contributed by atoms with Gasteiger partial charge < -0.3 is 19.5 Å². The largest absolute Gasteiger partial charge is 0.496 e. The van der Waals surface area contributed by atoms with Gasteiger partial charge in [0, 0.05) is 36.0 Å². The summed E-state index contributed by atoms with van der Waals surface area (Å²) in [6.07, 6.45) is 0.212. The van der Waals surface area contributed by atoms with E-state index in [-0.39, 0.29) is 12.3 Å². The highest BCUT2D eigenvalue weighted by Gasteiger charge is 2.45. The monoisotopic (exact) mass is 511 g/mol. The fraction of sp³-hybridized carbons (Fsp3) is 0.481. The number of thiazole rings is 1. The number of aromatic nitrogens is 2. The number of pyridine rings is 1. The summed E-state index contributed by atoms with van der Waals surface area (Å²) in [6.45, 7) is 8.56. The maximum absolute atomic E-state index is 12.9. The molecule has 0 radical (unpaired) electrons. The topological polar surface area (TPSA) is 102 Å². The first-order valence-electron chi connectivity index (χ1n) is 12.2. The van der Waals surface area contributed by atoms with Crippen LogP contribution in [0.3, 0.4) is 0 Å². The summed E-state index contributed by atoms with van der Waals surface area (Å²) in [6, 6.07) is 5.66. The number of carbonyl (C=O) groups is 2. The van der Waals surface area contributed by atoms with Crippen LogP contribution in [0, 0.1) is 18.8 Å². The molecule has 3 atom stereocenters. The number of amides is 1. The molecule has 0 bridgehead atoms. The summed E-state index contributed by atoms with van der Waals surface area (Å²) in [4.78, 5) is 36.1. The van der Waals surface area contributed by atoms with Crippen molar-refractivity contribution in [3.63, 3.8) is 0 Å². The van der Waals surface area contributed by atoms with Crippen LogP contribution in [0.1, 0.15) is 50.8 Å². The van der Waals surface area contributed by atoms with Crippen LogP contribution in [0.15, 0.2) is 23.6 Å². The van der Waals surface area contributed by atoms with E-state index >= 15 is 0 Å². The Morgan fingerprint density at radius 3 is 2.53 bits per heavy atom. The number of carbonyl (C=O) groups excluding carboxylic acids is 1. The third-order valence-corrected chi connectivity index (χ3v) is 7.88. The fourth-order valence-electron chi connectivity index (χ4n) is 4.73. The number of ether oxygens (including phenoxy) is 2. The van der Waals surface area contributed by atoms with Crippen molar-refractivity contribution in [3.05, 3.63) is 34.8 Å². The number of nitrogens with zero attached hydrogens (tertiary/aromatic N) is 3. The first kappa shape index (κ1) is 25.9. The Bertz CT molecular complexity index is 1290. The minimum Gasteiger partial charge on any atom is -0.496 e. The molecule has 1 saturated carbocycles. The van der Waals surface area contributed by atoms with Gasteiger partial charge in [0.1, 0.15) is 28.3 Å². The summed E-state index contributed by atoms with van der Waals surface area (Å²) in [5.74, 6) is -0.879. The van der Waals surface area contributed by atoms with Gasteiger partial charge in [-0.2, -0.15) is 0 Å². The fourth-order valence-corrected chi connectivity index (χ4v) is 5.67. The number of carboxylic acid groups (broad SMARTS) is 1. The summed E-state index contributed by atoms with van der Waals surface area (Å²) in [7, 11) is 3.33. The third kappa shape index (κ3) is 4.89. The summed E-state index contributed by atoms with van der Waals surface area (Å²) < 4.78 is 12.0. The van der Waals surface area contributed by atoms with Crippen LogP contribution >= 0.6 is 11.3 Å². The van der Waals surface area contributed by atoms with E-state index in [2.05, 4.69) is 13.8 Å². The molecule has 4 rings (SSSR count). The minimum atomic E-state index is -0.964. The molecule has 0 spiro atoms. The lowest BCUT2D eigenvalue weighted by atomic mass is 9.95. The van der Waals surface area contributed by atoms with Gasteiger partial charge in [-0.1, -0.05) is 13.8 Å². The van der Waals surface area contributed by atoms with Crippen LogP contribution in [0.2, 0.25) is 0 Å². The second kappa shape index (κ2) is 10.4. The number of methoxy groups -OCH3 is 1. The highest BCUT2D eigenvalue weighted by Crippen LogP contribution is 2.40. The SMILES string of the molecule is CCN(C)C(=O)[C@@H]1C[C@H](Oc2cc(-c3nc(C(C)C)cs3)nc3c(C)c(OC)ccc23)C[C@H]1C(=O)O. The Morgan fingerprint density at radius 1 is 1.19 bits per heavy atom. The molecule has 9 heteroatoms. The molecule has 1 N–H and O–H groups in total. The second-order valence-electron chi connectivity index (χ2n) is 9.64. The van der Waals surface area contributed by atoms with Crippen molar-refractivity contribution < 1.29 is 24.2 Å². The number of carboxylic acids is 1. The van der Waals surface area contributed by atoms with Crippen molar-refractivity contribution in [1.82, 2.24) is 14.9 Å². The number of benzene rings is 1. The van der Waals surface area contributed by atoms with E-state index in [1.807, 2.05) is 37.4 Å². The molecule has 36 heavy (non-hydrogen) atoms. The zero-order valence-corrected chi connectivity index (χ0v) is 22.4. The zero-order valence-electron chi connectivity index (χ0n) is 21.6. The lowest BCUT2D eigenvalue weighted by molar-refractivity contribution is -0.148. The number of hydrogen-bond acceptors (Lipinski definition) is 7. The number of aryl methyl sites for hydroxylation is 1. The Hall–Kier alpha value is -3.20. The van der Waals surface area contributed by atoms with Crippen LogP contribution in [-0.4, -0.2) is 58.7 Å². The predicted octanol–water partition coefficient (Wildman–Crippen LogP) is 5.14. The summed E-state index contributed by atoms with van der Waals surface area (Å²) in [5, 5.41) is 13.5. The Kier molecular flexibility index (Phi) is 7.49. The van der Waals surface area contributed by atoms with Gasteiger partial charge in [-0.3, -0.25) is 9.59 Å². The first-order chi connectivity index (χ1) is 17.1. The average molecular weight is 512 g/mol. The maximum atomic E-state index is 12.9. The van der Waals surface area contributed by atoms with Crippen molar-refractivity contribution in [3.8, 4) is 22.2 Å². The van der Waals surface area contributed by atoms with E-state index in [1.165, 1.54) is 11.3 Å². The normalized spacial score (nSPS) is 19.6. The molecular weight excluding hydrogens is 478 g/mol. The second-order valence-corrected chi connectivity index (χ2v) is 10.5. The number of hydrogen-bond donors (Lipinski definition) is 1. The molecule has 1 fully saturated rings. The first-order valence-corrected chi connectivity index (χ1v) is 13.1. The highest BCUT2D eigenvalue weighted by molar-refractivity contribution is 7.13. The van der Waals surface area contributed by atoms with Crippen molar-refractivity contribution >= 4 is 34.1 Å². The summed E-state index contributed by atoms with van der Waals surface area (Å²) >= 11 is 1.53. The Balaban J connectivity index is 1.75. The van der Waals surface area contributed by atoms with Gasteiger partial charge in [0.2, 0.25) is 5.91 Å². The molecule has 3 aromatic rings. The van der Waals surface area contributed by atoms with Gasteiger partial charge >= 0.3 is 5.97 Å². The molecule has 1 aromatic carbocycles. The molecule has 2 heterocycles. The molecule has 2 aromatic heterocycles. The van der Waals surface area contributed by atoms with Gasteiger partial charge in [0.05, 0.1) is 30.2 Å². The van der Waals surface area contributed by atoms with Crippen molar-refractivity contribution in [2.45, 2.75) is 52.6 Å². The van der Waals surface area contributed by atoms with Crippen molar-refractivity contribution in [2.24, 2.45) is 11.8 Å². The van der Waals surface area contributed by atoms with Gasteiger partial charge in [0.25, 0.3) is 0 Å². The minimum absolute atomic E-state index is 0.152. The molecule has 8 nitrogen and oxygen atoms in total. The van der Waals surface area contributed by atoms with E-state index in [9.17, 15) is 14.7 Å². The molecular formula is C27H33N3O5S. The average Bonchev–Trinajstić information content (AvgIpc) is 3.51. The highest BCUT2D eigenvalue weighted by atomic mass is 32.1. The van der Waals surface area contributed by atoms with Gasteiger partial charge in [-0.05, 0) is 44.7 Å². The molecule has 0 unspecified atom stereocenters. The number of rotatable bonds is 8. The molecule has 0 aliphatic heterocycles. The smallest absolute Gasteiger partial charge is 0.307 e. The van der Waals surface area contributed by atoms with E-state index in [1.54, 1.807) is 19.1 Å². The van der Waals surface area contributed by atoms with Crippen LogP contribution in [0.5, 0.6) is 11.5 Å². The van der Waals surface area contributed by atoms with Crippen molar-refractivity contribution in [1.29, 1.82) is 0 Å². The number of fused-ring (bicyclic) bond motifs is 1. The van der Waals surface area contributed by atoms with E-state index in [0.29, 0.717) is 30.3 Å². The zero-order chi connectivity index (χ0) is 26.1. The van der Waals surface area contributed by atoms with Gasteiger partial charge in [-0.25, -0.2) is 9.97 Å². The van der Waals surface area contributed by atoms with E-state index in [4.69, 9.17) is 19.4 Å². The van der Waals surface area contributed by atoms with Crippen LogP contribution in [0.4, 0.5) is 0 Å². The Morgan fingerprint density at radius 2 is 1.92 bits per heavy atom. The van der Waals surface area contributed by atoms with Crippen molar-refractivity contribution in [2.75, 3.05) is 20.7 Å². The lowest BCUT2D eigenvalue weighted by Crippen LogP contribution is -2.36. The van der Waals surface area contributed by atoms with Gasteiger partial charge in [0.15, 0.2) is 0 Å². The number of aliphatic carboxylic acids is 1. The lowest BCUT2D eigenvalue weighted by Gasteiger charge is -2.21. The van der Waals surface area contributed by atoms with E-state index in [0.717, 1.165) is 32.9 Å². The van der Waals surface area contributed by atoms with Crippen LogP contribution in [-0.2, 0) is 9.59 Å². The summed E-state index contributed by atoms with van der Waals surface area (Å²) in [5.41, 5.74) is 3.32. The maximum Gasteiger partial charge on any atom is 0.307 e. The molecule has 1 aliphatic carbocycles. The van der Waals surface area contributed by atoms with E-state index < -0.39 is 23.9 Å². The quantitative estimate of drug-likeness (QED) is 0.447.